The summed E-state index contributed by atoms with van der Waals surface area (Å²) in [6, 6.07) is 8.30. The predicted molar refractivity (Wildman–Crippen MR) is 78.6 cm³/mol. The largest absolute Gasteiger partial charge is 0.399 e. The van der Waals surface area contributed by atoms with Crippen LogP contribution in [0.1, 0.15) is 38.7 Å². The first-order valence-electron chi connectivity index (χ1n) is 7.12. The van der Waals surface area contributed by atoms with Gasteiger partial charge in [-0.05, 0) is 61.9 Å². The van der Waals surface area contributed by atoms with Crippen LogP contribution in [0.3, 0.4) is 0 Å². The van der Waals surface area contributed by atoms with E-state index < -0.39 is 0 Å². The van der Waals surface area contributed by atoms with Gasteiger partial charge in [0.1, 0.15) is 0 Å². The van der Waals surface area contributed by atoms with Gasteiger partial charge in [0, 0.05) is 12.2 Å². The predicted octanol–water partition coefficient (Wildman–Crippen LogP) is 3.32. The number of nitrogen functional groups attached to an aromatic ring is 1. The molecule has 0 bridgehead atoms. The van der Waals surface area contributed by atoms with Crippen LogP contribution in [0, 0.1) is 5.41 Å². The Labute approximate surface area is 111 Å². The summed E-state index contributed by atoms with van der Waals surface area (Å²) in [5.41, 5.74) is 8.47. The number of piperidine rings is 1. The standard InChI is InChI=1S/C16H26N2/c1-16(2)10-4-12-18(13-16)11-3-5-14-6-8-15(17)9-7-14/h6-9H,3-5,10-13,17H2,1-2H3. The first kappa shape index (κ1) is 13.4. The molecule has 0 amide bonds. The van der Waals surface area contributed by atoms with Gasteiger partial charge in [0.25, 0.3) is 0 Å². The van der Waals surface area contributed by atoms with Crippen molar-refractivity contribution in [3.8, 4) is 0 Å². The Morgan fingerprint density at radius 1 is 1.22 bits per heavy atom. The molecule has 0 radical (unpaired) electrons. The van der Waals surface area contributed by atoms with Gasteiger partial charge in [-0.3, -0.25) is 0 Å². The molecule has 1 fully saturated rings. The van der Waals surface area contributed by atoms with E-state index >= 15 is 0 Å². The lowest BCUT2D eigenvalue weighted by Crippen LogP contribution is -2.40. The topological polar surface area (TPSA) is 29.3 Å². The minimum Gasteiger partial charge on any atom is -0.399 e. The fourth-order valence-corrected chi connectivity index (χ4v) is 2.93. The Bertz CT molecular complexity index is 367. The van der Waals surface area contributed by atoms with Crippen LogP contribution in [0.4, 0.5) is 5.69 Å². The lowest BCUT2D eigenvalue weighted by molar-refractivity contribution is 0.117. The molecule has 1 aliphatic heterocycles. The highest BCUT2D eigenvalue weighted by molar-refractivity contribution is 5.39. The van der Waals surface area contributed by atoms with Crippen LogP contribution in [0.2, 0.25) is 0 Å². The minimum atomic E-state index is 0.513. The van der Waals surface area contributed by atoms with Crippen LogP contribution in [0.15, 0.2) is 24.3 Å². The second-order valence-electron chi connectivity index (χ2n) is 6.39. The Morgan fingerprint density at radius 2 is 1.94 bits per heavy atom. The van der Waals surface area contributed by atoms with E-state index in [9.17, 15) is 0 Å². The molecule has 0 unspecified atom stereocenters. The van der Waals surface area contributed by atoms with Crippen LogP contribution < -0.4 is 5.73 Å². The highest BCUT2D eigenvalue weighted by Crippen LogP contribution is 2.28. The van der Waals surface area contributed by atoms with Crippen LogP contribution in [-0.2, 0) is 6.42 Å². The van der Waals surface area contributed by atoms with Crippen molar-refractivity contribution in [1.29, 1.82) is 0 Å². The third-order valence-electron chi connectivity index (χ3n) is 3.90. The van der Waals surface area contributed by atoms with Gasteiger partial charge in [-0.25, -0.2) is 0 Å². The smallest absolute Gasteiger partial charge is 0.0314 e. The summed E-state index contributed by atoms with van der Waals surface area (Å²) in [7, 11) is 0. The van der Waals surface area contributed by atoms with Crippen molar-refractivity contribution in [2.45, 2.75) is 39.5 Å². The summed E-state index contributed by atoms with van der Waals surface area (Å²) in [5.74, 6) is 0. The van der Waals surface area contributed by atoms with E-state index in [2.05, 4.69) is 30.9 Å². The van der Waals surface area contributed by atoms with Crippen LogP contribution in [0.25, 0.3) is 0 Å². The van der Waals surface area contributed by atoms with Crippen molar-refractivity contribution in [1.82, 2.24) is 4.90 Å². The lowest BCUT2D eigenvalue weighted by atomic mass is 9.84. The first-order chi connectivity index (χ1) is 8.55. The average molecular weight is 246 g/mol. The molecule has 2 nitrogen and oxygen atoms in total. The zero-order valence-electron chi connectivity index (χ0n) is 11.8. The summed E-state index contributed by atoms with van der Waals surface area (Å²) in [5, 5.41) is 0. The number of rotatable bonds is 4. The van der Waals surface area contributed by atoms with E-state index in [1.54, 1.807) is 0 Å². The number of anilines is 1. The van der Waals surface area contributed by atoms with Gasteiger partial charge < -0.3 is 10.6 Å². The molecule has 0 atom stereocenters. The maximum absolute atomic E-state index is 5.69. The fourth-order valence-electron chi connectivity index (χ4n) is 2.93. The van der Waals surface area contributed by atoms with Crippen LogP contribution in [0.5, 0.6) is 0 Å². The van der Waals surface area contributed by atoms with Crippen molar-refractivity contribution < 1.29 is 0 Å². The maximum Gasteiger partial charge on any atom is 0.0314 e. The fraction of sp³-hybridized carbons (Fsp3) is 0.625. The summed E-state index contributed by atoms with van der Waals surface area (Å²) in [6.07, 6.45) is 5.15. The van der Waals surface area contributed by atoms with Crippen molar-refractivity contribution in [2.75, 3.05) is 25.4 Å². The van der Waals surface area contributed by atoms with Gasteiger partial charge in [0.2, 0.25) is 0 Å². The Morgan fingerprint density at radius 3 is 2.61 bits per heavy atom. The Kier molecular flexibility index (Phi) is 4.28. The molecule has 0 aromatic heterocycles. The van der Waals surface area contributed by atoms with E-state index in [0.29, 0.717) is 5.41 Å². The van der Waals surface area contributed by atoms with E-state index in [4.69, 9.17) is 5.73 Å². The highest BCUT2D eigenvalue weighted by Gasteiger charge is 2.25. The molecule has 1 aromatic rings. The number of hydrogen-bond donors (Lipinski definition) is 1. The van der Waals surface area contributed by atoms with E-state index in [1.165, 1.54) is 44.5 Å². The minimum absolute atomic E-state index is 0.513. The maximum atomic E-state index is 5.69. The van der Waals surface area contributed by atoms with Crippen LogP contribution >= 0.6 is 0 Å². The second kappa shape index (κ2) is 5.75. The molecule has 0 saturated carbocycles. The summed E-state index contributed by atoms with van der Waals surface area (Å²) < 4.78 is 0. The summed E-state index contributed by atoms with van der Waals surface area (Å²) in [4.78, 5) is 2.63. The number of benzene rings is 1. The molecule has 18 heavy (non-hydrogen) atoms. The SMILES string of the molecule is CC1(C)CCCN(CCCc2ccc(N)cc2)C1. The van der Waals surface area contributed by atoms with E-state index in [0.717, 1.165) is 12.1 Å². The molecular weight excluding hydrogens is 220 g/mol. The lowest BCUT2D eigenvalue weighted by Gasteiger charge is -2.38. The van der Waals surface area contributed by atoms with Crippen molar-refractivity contribution >= 4 is 5.69 Å². The first-order valence-corrected chi connectivity index (χ1v) is 7.12. The number of nitrogens with two attached hydrogens (primary N) is 1. The van der Waals surface area contributed by atoms with E-state index in [1.807, 2.05) is 12.1 Å². The van der Waals surface area contributed by atoms with Gasteiger partial charge in [-0.2, -0.15) is 0 Å². The molecule has 2 N–H and O–H groups in total. The molecule has 0 aliphatic carbocycles. The average Bonchev–Trinajstić information content (AvgIpc) is 2.30. The summed E-state index contributed by atoms with van der Waals surface area (Å²) in [6.45, 7) is 8.55. The van der Waals surface area contributed by atoms with Crippen molar-refractivity contribution in [2.24, 2.45) is 5.41 Å². The number of hydrogen-bond acceptors (Lipinski definition) is 2. The van der Waals surface area contributed by atoms with Crippen molar-refractivity contribution in [3.63, 3.8) is 0 Å². The van der Waals surface area contributed by atoms with Gasteiger partial charge in [0.15, 0.2) is 0 Å². The highest BCUT2D eigenvalue weighted by atomic mass is 15.1. The Hall–Kier alpha value is -1.02. The van der Waals surface area contributed by atoms with Crippen LogP contribution in [-0.4, -0.2) is 24.5 Å². The normalized spacial score (nSPS) is 19.9. The Balaban J connectivity index is 1.73. The van der Waals surface area contributed by atoms with Gasteiger partial charge in [-0.15, -0.1) is 0 Å². The molecular formula is C16H26N2. The molecule has 2 heteroatoms. The third-order valence-corrected chi connectivity index (χ3v) is 3.90. The number of likely N-dealkylation sites (tertiary alicyclic amines) is 1. The third kappa shape index (κ3) is 4.02. The zero-order chi connectivity index (χ0) is 13.0. The number of aryl methyl sites for hydroxylation is 1. The number of nitrogens with zero attached hydrogens (tertiary/aromatic N) is 1. The molecule has 1 saturated heterocycles. The van der Waals surface area contributed by atoms with E-state index in [-0.39, 0.29) is 0 Å². The van der Waals surface area contributed by atoms with Gasteiger partial charge >= 0.3 is 0 Å². The monoisotopic (exact) mass is 246 g/mol. The quantitative estimate of drug-likeness (QED) is 0.826. The summed E-state index contributed by atoms with van der Waals surface area (Å²) >= 11 is 0. The molecule has 2 rings (SSSR count). The molecule has 0 spiro atoms. The molecule has 1 aromatic carbocycles. The van der Waals surface area contributed by atoms with Gasteiger partial charge in [-0.1, -0.05) is 26.0 Å². The molecule has 1 aliphatic rings. The molecule has 100 valence electrons. The zero-order valence-corrected chi connectivity index (χ0v) is 11.8. The van der Waals surface area contributed by atoms with Gasteiger partial charge in [0.05, 0.1) is 0 Å². The van der Waals surface area contributed by atoms with Crippen molar-refractivity contribution in [3.05, 3.63) is 29.8 Å². The molecule has 1 heterocycles. The second-order valence-corrected chi connectivity index (χ2v) is 6.39.